The summed E-state index contributed by atoms with van der Waals surface area (Å²) in [7, 11) is 0. The summed E-state index contributed by atoms with van der Waals surface area (Å²) in [6.45, 7) is 2.05. The third-order valence-electron chi connectivity index (χ3n) is 2.96. The summed E-state index contributed by atoms with van der Waals surface area (Å²) in [5, 5.41) is 9.62. The molecule has 0 spiro atoms. The molecule has 0 fully saturated rings. The predicted molar refractivity (Wildman–Crippen MR) is 74.7 cm³/mol. The molecule has 2 heterocycles. The van der Waals surface area contributed by atoms with E-state index in [1.54, 1.807) is 12.3 Å². The van der Waals surface area contributed by atoms with Crippen LogP contribution in [-0.2, 0) is 0 Å². The number of rotatable bonds is 1. The Morgan fingerprint density at radius 3 is 2.72 bits per heavy atom. The van der Waals surface area contributed by atoms with Crippen molar-refractivity contribution < 1.29 is 5.11 Å². The van der Waals surface area contributed by atoms with Crippen molar-refractivity contribution in [2.45, 2.75) is 6.92 Å². The molecule has 0 unspecified atom stereocenters. The lowest BCUT2D eigenvalue weighted by Gasteiger charge is -2.04. The average Bonchev–Trinajstić information content (AvgIpc) is 2.67. The van der Waals surface area contributed by atoms with Gasteiger partial charge in [0.25, 0.3) is 0 Å². The lowest BCUT2D eigenvalue weighted by Crippen LogP contribution is -1.91. The van der Waals surface area contributed by atoms with Crippen LogP contribution in [0.4, 0.5) is 0 Å². The number of fused-ring (bicyclic) bond motifs is 1. The summed E-state index contributed by atoms with van der Waals surface area (Å²) < 4.78 is 2.67. The van der Waals surface area contributed by atoms with Crippen LogP contribution in [0.25, 0.3) is 16.9 Å². The highest BCUT2D eigenvalue weighted by Gasteiger charge is 2.12. The van der Waals surface area contributed by atoms with Gasteiger partial charge in [0.15, 0.2) is 0 Å². The number of aryl methyl sites for hydroxylation is 1. The van der Waals surface area contributed by atoms with Crippen LogP contribution in [0.3, 0.4) is 0 Å². The van der Waals surface area contributed by atoms with Gasteiger partial charge in [-0.2, -0.15) is 0 Å². The first-order valence-corrected chi connectivity index (χ1v) is 6.38. The van der Waals surface area contributed by atoms with Gasteiger partial charge in [0.1, 0.15) is 16.2 Å². The van der Waals surface area contributed by atoms with E-state index < -0.39 is 0 Å². The summed E-state index contributed by atoms with van der Waals surface area (Å²) in [4.78, 5) is 4.53. The molecule has 3 aromatic rings. The molecular formula is C14H11BrN2O. The molecule has 90 valence electrons. The molecule has 0 aliphatic heterocycles. The Labute approximate surface area is 113 Å². The van der Waals surface area contributed by atoms with Gasteiger partial charge >= 0.3 is 0 Å². The topological polar surface area (TPSA) is 37.5 Å². The monoisotopic (exact) mass is 302 g/mol. The van der Waals surface area contributed by atoms with Gasteiger partial charge in [0, 0.05) is 5.56 Å². The molecule has 0 radical (unpaired) electrons. The smallest absolute Gasteiger partial charge is 0.146 e. The summed E-state index contributed by atoms with van der Waals surface area (Å²) >= 11 is 3.45. The minimum absolute atomic E-state index is 0.224. The Bertz CT molecular complexity index is 734. The molecule has 0 saturated heterocycles. The number of aromatic nitrogens is 2. The molecule has 0 saturated carbocycles. The normalized spacial score (nSPS) is 11.0. The first-order chi connectivity index (χ1) is 8.66. The van der Waals surface area contributed by atoms with Crippen molar-refractivity contribution in [1.82, 2.24) is 9.38 Å². The van der Waals surface area contributed by atoms with Gasteiger partial charge in [0.2, 0.25) is 0 Å². The van der Waals surface area contributed by atoms with Gasteiger partial charge in [-0.05, 0) is 40.5 Å². The fraction of sp³-hybridized carbons (Fsp3) is 0.0714. The van der Waals surface area contributed by atoms with E-state index in [0.29, 0.717) is 0 Å². The van der Waals surface area contributed by atoms with Crippen LogP contribution in [0.1, 0.15) is 5.56 Å². The van der Waals surface area contributed by atoms with Gasteiger partial charge in [-0.15, -0.1) is 0 Å². The van der Waals surface area contributed by atoms with Crippen LogP contribution < -0.4 is 0 Å². The van der Waals surface area contributed by atoms with Crippen molar-refractivity contribution in [3.05, 3.63) is 52.8 Å². The highest BCUT2D eigenvalue weighted by molar-refractivity contribution is 9.10. The van der Waals surface area contributed by atoms with Gasteiger partial charge in [-0.25, -0.2) is 4.98 Å². The maximum atomic E-state index is 9.62. The highest BCUT2D eigenvalue weighted by Crippen LogP contribution is 2.29. The Balaban J connectivity index is 2.36. The Hall–Kier alpha value is -1.81. The van der Waals surface area contributed by atoms with Crippen LogP contribution in [-0.4, -0.2) is 14.5 Å². The van der Waals surface area contributed by atoms with Crippen LogP contribution in [0.15, 0.2) is 47.2 Å². The minimum atomic E-state index is 0.224. The average molecular weight is 303 g/mol. The second kappa shape index (κ2) is 4.14. The minimum Gasteiger partial charge on any atom is -0.506 e. The zero-order valence-electron chi connectivity index (χ0n) is 9.76. The molecule has 1 aromatic carbocycles. The van der Waals surface area contributed by atoms with Gasteiger partial charge in [0.05, 0.1) is 11.7 Å². The second-order valence-electron chi connectivity index (χ2n) is 4.18. The van der Waals surface area contributed by atoms with E-state index >= 15 is 0 Å². The fourth-order valence-electron chi connectivity index (χ4n) is 2.05. The fourth-order valence-corrected chi connectivity index (χ4v) is 2.54. The molecule has 18 heavy (non-hydrogen) atoms. The molecule has 0 aliphatic rings. The molecule has 2 aromatic heterocycles. The molecule has 1 N–H and O–H groups in total. The predicted octanol–water partition coefficient (Wildman–Crippen LogP) is 3.78. The number of benzene rings is 1. The zero-order chi connectivity index (χ0) is 12.7. The van der Waals surface area contributed by atoms with Gasteiger partial charge < -0.3 is 5.11 Å². The zero-order valence-corrected chi connectivity index (χ0v) is 11.3. The molecule has 0 atom stereocenters. The first-order valence-electron chi connectivity index (χ1n) is 5.59. The Morgan fingerprint density at radius 1 is 1.17 bits per heavy atom. The lowest BCUT2D eigenvalue weighted by atomic mass is 10.1. The number of halogens is 1. The van der Waals surface area contributed by atoms with E-state index in [1.807, 2.05) is 41.7 Å². The number of imidazole rings is 1. The molecule has 3 rings (SSSR count). The number of hydrogen-bond acceptors (Lipinski definition) is 2. The molecule has 3 nitrogen and oxygen atoms in total. The molecule has 4 heteroatoms. The molecule has 0 aliphatic carbocycles. The Morgan fingerprint density at radius 2 is 1.94 bits per heavy atom. The highest BCUT2D eigenvalue weighted by atomic mass is 79.9. The number of pyridine rings is 1. The quantitative estimate of drug-likeness (QED) is 0.743. The number of nitrogens with zero attached hydrogens (tertiary/aromatic N) is 2. The van der Waals surface area contributed by atoms with E-state index in [-0.39, 0.29) is 5.75 Å². The maximum absolute atomic E-state index is 9.62. The van der Waals surface area contributed by atoms with Crippen molar-refractivity contribution in [2.75, 3.05) is 0 Å². The number of hydrogen-bond donors (Lipinski definition) is 1. The number of aromatic hydroxyl groups is 1. The van der Waals surface area contributed by atoms with Gasteiger partial charge in [-0.1, -0.05) is 24.3 Å². The third-order valence-corrected chi connectivity index (χ3v) is 3.55. The summed E-state index contributed by atoms with van der Waals surface area (Å²) in [6, 6.07) is 11.6. The van der Waals surface area contributed by atoms with Crippen molar-refractivity contribution in [3.63, 3.8) is 0 Å². The molecule has 0 bridgehead atoms. The van der Waals surface area contributed by atoms with Crippen molar-refractivity contribution in [1.29, 1.82) is 0 Å². The second-order valence-corrected chi connectivity index (χ2v) is 4.93. The summed E-state index contributed by atoms with van der Waals surface area (Å²) in [6.07, 6.45) is 1.68. The van der Waals surface area contributed by atoms with E-state index in [4.69, 9.17) is 0 Å². The van der Waals surface area contributed by atoms with Gasteiger partial charge in [-0.3, -0.25) is 4.40 Å². The van der Waals surface area contributed by atoms with Crippen LogP contribution in [0.5, 0.6) is 5.75 Å². The summed E-state index contributed by atoms with van der Waals surface area (Å²) in [5.74, 6) is 1.05. The van der Waals surface area contributed by atoms with Crippen molar-refractivity contribution in [3.8, 4) is 17.1 Å². The summed E-state index contributed by atoms with van der Waals surface area (Å²) in [5.41, 5.74) is 3.15. The van der Waals surface area contributed by atoms with Crippen LogP contribution in [0, 0.1) is 6.92 Å². The maximum Gasteiger partial charge on any atom is 0.146 e. The van der Waals surface area contributed by atoms with E-state index in [0.717, 1.165) is 27.1 Å². The standard InChI is InChI=1S/C14H11BrN2O/c1-9-4-2-3-5-11(9)14-16-13(15)12-7-6-10(18)8-17(12)14/h2-8,18H,1H3. The van der Waals surface area contributed by atoms with Crippen molar-refractivity contribution in [2.24, 2.45) is 0 Å². The van der Waals surface area contributed by atoms with Crippen LogP contribution >= 0.6 is 15.9 Å². The third kappa shape index (κ3) is 1.69. The SMILES string of the molecule is Cc1ccccc1-c1nc(Br)c2ccc(O)cn12. The molecule has 0 amide bonds. The van der Waals surface area contributed by atoms with Crippen LogP contribution in [0.2, 0.25) is 0 Å². The van der Waals surface area contributed by atoms with E-state index in [2.05, 4.69) is 20.9 Å². The Kier molecular flexibility index (Phi) is 2.59. The molecular weight excluding hydrogens is 292 g/mol. The van der Waals surface area contributed by atoms with E-state index in [1.165, 1.54) is 0 Å². The lowest BCUT2D eigenvalue weighted by molar-refractivity contribution is 0.472. The van der Waals surface area contributed by atoms with Crippen molar-refractivity contribution >= 4 is 21.4 Å². The largest absolute Gasteiger partial charge is 0.506 e. The first kappa shape index (κ1) is 11.3. The van der Waals surface area contributed by atoms with E-state index in [9.17, 15) is 5.11 Å².